The van der Waals surface area contributed by atoms with Gasteiger partial charge in [-0.1, -0.05) is 19.4 Å². The van der Waals surface area contributed by atoms with Gasteiger partial charge in [-0.05, 0) is 44.1 Å². The molecule has 0 aromatic carbocycles. The Morgan fingerprint density at radius 1 is 1.05 bits per heavy atom. The number of allylic oxidation sites excluding steroid dienone is 2. The van der Waals surface area contributed by atoms with Crippen LogP contribution < -0.4 is 0 Å². The molecule has 13 nitrogen and oxygen atoms in total. The number of hydrogen-bond donors (Lipinski definition) is 7. The van der Waals surface area contributed by atoms with Crippen molar-refractivity contribution in [1.29, 1.82) is 0 Å². The fraction of sp³-hybridized carbons (Fsp3) is 0.840. The van der Waals surface area contributed by atoms with E-state index in [9.17, 15) is 45.3 Å². The van der Waals surface area contributed by atoms with Gasteiger partial charge in [0, 0.05) is 6.42 Å². The van der Waals surface area contributed by atoms with Gasteiger partial charge in [-0.3, -0.25) is 4.79 Å². The van der Waals surface area contributed by atoms with Crippen LogP contribution in [0.25, 0.3) is 0 Å². The molecule has 0 spiro atoms. The van der Waals surface area contributed by atoms with Crippen molar-refractivity contribution in [3.63, 3.8) is 0 Å². The standard InChI is InChI=1S/C25H40O13/c1-10-7-12(27)8-25(3,4)13(10)6-5-11(2)35-24-21(17(30)15(28)14(9-26)36-24)38-23-19(32)16(29)18(31)20(37-23)22(33)34/h7,11,13-21,23-24,26,28-32H,5-6,8-9H2,1-4H3,(H,33,34). The average molecular weight is 549 g/mol. The maximum Gasteiger partial charge on any atom is 0.335 e. The molecule has 13 heteroatoms. The van der Waals surface area contributed by atoms with E-state index in [1.807, 2.05) is 20.8 Å². The van der Waals surface area contributed by atoms with Gasteiger partial charge in [0.05, 0.1) is 12.7 Å². The highest BCUT2D eigenvalue weighted by Gasteiger charge is 2.52. The van der Waals surface area contributed by atoms with Crippen molar-refractivity contribution >= 4 is 11.8 Å². The highest BCUT2D eigenvalue weighted by Crippen LogP contribution is 2.42. The van der Waals surface area contributed by atoms with Crippen LogP contribution in [-0.2, 0) is 28.5 Å². The summed E-state index contributed by atoms with van der Waals surface area (Å²) in [5, 5.41) is 70.3. The summed E-state index contributed by atoms with van der Waals surface area (Å²) in [7, 11) is 0. The second-order valence-corrected chi connectivity index (χ2v) is 11.1. The van der Waals surface area contributed by atoms with Gasteiger partial charge in [-0.15, -0.1) is 0 Å². The molecule has 0 amide bonds. The molecule has 0 bridgehead atoms. The lowest BCUT2D eigenvalue weighted by Gasteiger charge is -2.46. The van der Waals surface area contributed by atoms with Gasteiger partial charge in [0.15, 0.2) is 24.5 Å². The highest BCUT2D eigenvalue weighted by atomic mass is 16.8. The molecule has 3 rings (SSSR count). The number of carboxylic acid groups (broad SMARTS) is 1. The van der Waals surface area contributed by atoms with Crippen molar-refractivity contribution in [2.45, 2.75) is 114 Å². The second-order valence-electron chi connectivity index (χ2n) is 11.1. The summed E-state index contributed by atoms with van der Waals surface area (Å²) in [4.78, 5) is 23.4. The Hall–Kier alpha value is -1.52. The molecular weight excluding hydrogens is 508 g/mol. The number of ether oxygens (including phenoxy) is 4. The first-order chi connectivity index (χ1) is 17.7. The van der Waals surface area contributed by atoms with Crippen LogP contribution in [-0.4, -0.2) is 122 Å². The molecule has 0 saturated carbocycles. The van der Waals surface area contributed by atoms with Crippen LogP contribution in [0.4, 0.5) is 0 Å². The van der Waals surface area contributed by atoms with Crippen LogP contribution in [0, 0.1) is 11.3 Å². The number of carboxylic acids is 1. The minimum absolute atomic E-state index is 0.0844. The summed E-state index contributed by atoms with van der Waals surface area (Å²) in [5.74, 6) is -1.41. The molecule has 2 saturated heterocycles. The number of aliphatic hydroxyl groups excluding tert-OH is 6. The summed E-state index contributed by atoms with van der Waals surface area (Å²) < 4.78 is 22.4. The number of aliphatic carboxylic acids is 1. The molecule has 2 aliphatic heterocycles. The Morgan fingerprint density at radius 3 is 2.29 bits per heavy atom. The summed E-state index contributed by atoms with van der Waals surface area (Å²) in [6.45, 7) is 7.07. The van der Waals surface area contributed by atoms with E-state index in [2.05, 4.69) is 0 Å². The van der Waals surface area contributed by atoms with E-state index < -0.39 is 80.1 Å². The van der Waals surface area contributed by atoms with Crippen LogP contribution in [0.2, 0.25) is 0 Å². The first kappa shape index (κ1) is 31.0. The monoisotopic (exact) mass is 548 g/mol. The maximum atomic E-state index is 12.0. The predicted molar refractivity (Wildman–Crippen MR) is 127 cm³/mol. The third-order valence-electron chi connectivity index (χ3n) is 7.67. The molecule has 7 N–H and O–H groups in total. The van der Waals surface area contributed by atoms with Gasteiger partial charge in [0.25, 0.3) is 0 Å². The third-order valence-corrected chi connectivity index (χ3v) is 7.67. The number of rotatable bonds is 9. The van der Waals surface area contributed by atoms with Crippen molar-refractivity contribution < 1.29 is 64.3 Å². The van der Waals surface area contributed by atoms with E-state index >= 15 is 0 Å². The van der Waals surface area contributed by atoms with Gasteiger partial charge >= 0.3 is 5.97 Å². The zero-order chi connectivity index (χ0) is 28.5. The third kappa shape index (κ3) is 6.61. The van der Waals surface area contributed by atoms with Crippen molar-refractivity contribution in [1.82, 2.24) is 0 Å². The molecule has 0 aromatic rings. The topological polar surface area (TPSA) is 213 Å². The molecule has 2 heterocycles. The van der Waals surface area contributed by atoms with E-state index in [1.54, 1.807) is 13.0 Å². The van der Waals surface area contributed by atoms with E-state index in [0.29, 0.717) is 19.3 Å². The predicted octanol–water partition coefficient (Wildman–Crippen LogP) is -1.55. The lowest BCUT2D eigenvalue weighted by molar-refractivity contribution is -0.368. The Bertz CT molecular complexity index is 875. The fourth-order valence-corrected chi connectivity index (χ4v) is 5.54. The van der Waals surface area contributed by atoms with Gasteiger partial charge < -0.3 is 54.7 Å². The van der Waals surface area contributed by atoms with Crippen LogP contribution >= 0.6 is 0 Å². The van der Waals surface area contributed by atoms with E-state index in [4.69, 9.17) is 18.9 Å². The van der Waals surface area contributed by atoms with Crippen LogP contribution in [0.1, 0.15) is 47.0 Å². The SMILES string of the molecule is CC1=CC(=O)CC(C)(C)C1CCC(C)OC1OC(CO)C(O)C(O)C1OC1OC(C(=O)O)C(O)C(O)C1O. The van der Waals surface area contributed by atoms with Gasteiger partial charge in [0.2, 0.25) is 0 Å². The number of ketones is 1. The summed E-state index contributed by atoms with van der Waals surface area (Å²) in [5.41, 5.74) is 0.732. The van der Waals surface area contributed by atoms with Crippen molar-refractivity contribution in [2.75, 3.05) is 6.61 Å². The Balaban J connectivity index is 1.73. The number of hydrogen-bond acceptors (Lipinski definition) is 12. The van der Waals surface area contributed by atoms with E-state index in [1.165, 1.54) is 0 Å². The van der Waals surface area contributed by atoms with Gasteiger partial charge in [-0.25, -0.2) is 4.79 Å². The normalized spacial score (nSPS) is 42.4. The highest BCUT2D eigenvalue weighted by molar-refractivity contribution is 5.91. The first-order valence-corrected chi connectivity index (χ1v) is 12.7. The second kappa shape index (κ2) is 12.3. The first-order valence-electron chi connectivity index (χ1n) is 12.7. The smallest absolute Gasteiger partial charge is 0.335 e. The van der Waals surface area contributed by atoms with Gasteiger partial charge in [0.1, 0.15) is 42.7 Å². The summed E-state index contributed by atoms with van der Waals surface area (Å²) >= 11 is 0. The van der Waals surface area contributed by atoms with Crippen molar-refractivity contribution in [3.05, 3.63) is 11.6 Å². The minimum Gasteiger partial charge on any atom is -0.479 e. The fourth-order valence-electron chi connectivity index (χ4n) is 5.54. The quantitative estimate of drug-likeness (QED) is 0.174. The summed E-state index contributed by atoms with van der Waals surface area (Å²) in [6.07, 6.45) is -14.3. The molecule has 12 unspecified atom stereocenters. The largest absolute Gasteiger partial charge is 0.479 e. The van der Waals surface area contributed by atoms with Gasteiger partial charge in [-0.2, -0.15) is 0 Å². The Morgan fingerprint density at radius 2 is 1.71 bits per heavy atom. The molecule has 3 aliphatic rings. The lowest BCUT2D eigenvalue weighted by Crippen LogP contribution is -2.65. The zero-order valence-electron chi connectivity index (χ0n) is 21.9. The lowest BCUT2D eigenvalue weighted by atomic mass is 9.66. The van der Waals surface area contributed by atoms with Crippen molar-refractivity contribution in [3.8, 4) is 0 Å². The Labute approximate surface area is 220 Å². The summed E-state index contributed by atoms with van der Waals surface area (Å²) in [6, 6.07) is 0. The molecule has 38 heavy (non-hydrogen) atoms. The molecular formula is C25H40O13. The van der Waals surface area contributed by atoms with Crippen LogP contribution in [0.15, 0.2) is 11.6 Å². The minimum atomic E-state index is -1.94. The van der Waals surface area contributed by atoms with E-state index in [-0.39, 0.29) is 17.1 Å². The molecule has 218 valence electrons. The molecule has 2 fully saturated rings. The number of carbonyl (C=O) groups is 2. The molecule has 0 aromatic heterocycles. The van der Waals surface area contributed by atoms with Crippen LogP contribution in [0.3, 0.4) is 0 Å². The zero-order valence-corrected chi connectivity index (χ0v) is 21.9. The number of carbonyl (C=O) groups excluding carboxylic acids is 1. The maximum absolute atomic E-state index is 12.0. The van der Waals surface area contributed by atoms with E-state index in [0.717, 1.165) is 5.57 Å². The Kier molecular flexibility index (Phi) is 10.1. The van der Waals surface area contributed by atoms with Crippen LogP contribution in [0.5, 0.6) is 0 Å². The number of aliphatic hydroxyl groups is 6. The molecule has 0 radical (unpaired) electrons. The molecule has 12 atom stereocenters. The van der Waals surface area contributed by atoms with Crippen molar-refractivity contribution in [2.24, 2.45) is 11.3 Å². The average Bonchev–Trinajstić information content (AvgIpc) is 2.81. The molecule has 1 aliphatic carbocycles.